The number of benzene rings is 2. The molecular weight excluding hydrogens is 262 g/mol. The molecule has 0 aliphatic heterocycles. The van der Waals surface area contributed by atoms with Gasteiger partial charge in [0.15, 0.2) is 5.78 Å². The molecule has 2 N–H and O–H groups in total. The maximum absolute atomic E-state index is 12.6. The zero-order valence-electron chi connectivity index (χ0n) is 12.7. The number of methoxy groups -OCH3 is 1. The van der Waals surface area contributed by atoms with Crippen LogP contribution in [0.5, 0.6) is 5.75 Å². The van der Waals surface area contributed by atoms with E-state index in [1.54, 1.807) is 32.2 Å². The van der Waals surface area contributed by atoms with Crippen LogP contribution >= 0.6 is 0 Å². The Hall–Kier alpha value is -2.13. The van der Waals surface area contributed by atoms with Crippen LogP contribution in [0.1, 0.15) is 28.4 Å². The van der Waals surface area contributed by atoms with Gasteiger partial charge < -0.3 is 10.5 Å². The van der Waals surface area contributed by atoms with Gasteiger partial charge in [-0.15, -0.1) is 0 Å². The molecule has 0 radical (unpaired) electrons. The number of Topliss-reactive ketones (excluding diaryl/α,β-unsaturated/α-hetero) is 1. The van der Waals surface area contributed by atoms with Crippen LogP contribution in [-0.4, -0.2) is 18.4 Å². The lowest BCUT2D eigenvalue weighted by Crippen LogP contribution is -2.47. The molecule has 2 aromatic rings. The highest BCUT2D eigenvalue weighted by atomic mass is 16.5. The average Bonchev–Trinajstić information content (AvgIpc) is 2.46. The molecule has 1 atom stereocenters. The summed E-state index contributed by atoms with van der Waals surface area (Å²) in [6, 6.07) is 15.2. The van der Waals surface area contributed by atoms with Crippen LogP contribution in [0.15, 0.2) is 48.5 Å². The van der Waals surface area contributed by atoms with Crippen LogP contribution in [0, 0.1) is 6.92 Å². The number of hydrogen-bond acceptors (Lipinski definition) is 3. The highest BCUT2D eigenvalue weighted by Gasteiger charge is 2.29. The van der Waals surface area contributed by atoms with Gasteiger partial charge in [0.2, 0.25) is 0 Å². The molecule has 0 amide bonds. The van der Waals surface area contributed by atoms with Crippen LogP contribution in [0.4, 0.5) is 0 Å². The highest BCUT2D eigenvalue weighted by Crippen LogP contribution is 2.20. The second kappa shape index (κ2) is 6.10. The first kappa shape index (κ1) is 15.3. The summed E-state index contributed by atoms with van der Waals surface area (Å²) in [5.41, 5.74) is 8.14. The van der Waals surface area contributed by atoms with E-state index in [0.29, 0.717) is 17.7 Å². The third kappa shape index (κ3) is 3.70. The van der Waals surface area contributed by atoms with Gasteiger partial charge in [0, 0.05) is 5.56 Å². The van der Waals surface area contributed by atoms with Gasteiger partial charge in [0.25, 0.3) is 0 Å². The normalized spacial score (nSPS) is 13.5. The van der Waals surface area contributed by atoms with E-state index in [4.69, 9.17) is 10.5 Å². The smallest absolute Gasteiger partial charge is 0.182 e. The molecule has 0 saturated carbocycles. The number of carbonyl (C=O) groups is 1. The summed E-state index contributed by atoms with van der Waals surface area (Å²) in [5, 5.41) is 0. The highest BCUT2D eigenvalue weighted by molar-refractivity contribution is 6.03. The fourth-order valence-corrected chi connectivity index (χ4v) is 2.42. The molecule has 0 fully saturated rings. The standard InChI is InChI=1S/C18H21NO2/c1-13-6-4-7-14(10-13)12-18(2,19)17(20)15-8-5-9-16(11-15)21-3/h4-11H,12,19H2,1-3H3. The number of nitrogens with two attached hydrogens (primary N) is 1. The van der Waals surface area contributed by atoms with E-state index >= 15 is 0 Å². The molecule has 0 heterocycles. The van der Waals surface area contributed by atoms with Gasteiger partial charge in [0.1, 0.15) is 5.75 Å². The van der Waals surface area contributed by atoms with Gasteiger partial charge in [-0.1, -0.05) is 42.0 Å². The Kier molecular flexibility index (Phi) is 4.43. The van der Waals surface area contributed by atoms with E-state index in [9.17, 15) is 4.79 Å². The fourth-order valence-electron chi connectivity index (χ4n) is 2.42. The Morgan fingerprint density at radius 1 is 1.19 bits per heavy atom. The van der Waals surface area contributed by atoms with Crippen LogP contribution in [0.25, 0.3) is 0 Å². The van der Waals surface area contributed by atoms with E-state index in [0.717, 1.165) is 11.1 Å². The van der Waals surface area contributed by atoms with Crippen molar-refractivity contribution in [3.05, 3.63) is 65.2 Å². The molecule has 110 valence electrons. The molecular formula is C18H21NO2. The summed E-state index contributed by atoms with van der Waals surface area (Å²) in [6.45, 7) is 3.80. The first-order valence-electron chi connectivity index (χ1n) is 6.96. The molecule has 2 rings (SSSR count). The van der Waals surface area contributed by atoms with Crippen LogP contribution < -0.4 is 10.5 Å². The van der Waals surface area contributed by atoms with Crippen LogP contribution in [-0.2, 0) is 6.42 Å². The van der Waals surface area contributed by atoms with Gasteiger partial charge in [-0.25, -0.2) is 0 Å². The number of ketones is 1. The molecule has 0 spiro atoms. The largest absolute Gasteiger partial charge is 0.497 e. The van der Waals surface area contributed by atoms with Gasteiger partial charge in [-0.2, -0.15) is 0 Å². The lowest BCUT2D eigenvalue weighted by Gasteiger charge is -2.23. The van der Waals surface area contributed by atoms with Crippen molar-refractivity contribution in [1.82, 2.24) is 0 Å². The van der Waals surface area contributed by atoms with Crippen LogP contribution in [0.3, 0.4) is 0 Å². The zero-order chi connectivity index (χ0) is 15.5. The maximum Gasteiger partial charge on any atom is 0.182 e. The maximum atomic E-state index is 12.6. The molecule has 0 bridgehead atoms. The predicted molar refractivity (Wildman–Crippen MR) is 84.8 cm³/mol. The van der Waals surface area contributed by atoms with E-state index < -0.39 is 5.54 Å². The van der Waals surface area contributed by atoms with Gasteiger partial charge in [0.05, 0.1) is 12.6 Å². The van der Waals surface area contributed by atoms with Gasteiger partial charge in [-0.05, 0) is 38.0 Å². The molecule has 0 aliphatic rings. The number of hydrogen-bond donors (Lipinski definition) is 1. The number of ether oxygens (including phenoxy) is 1. The summed E-state index contributed by atoms with van der Waals surface area (Å²) in [5.74, 6) is 0.579. The predicted octanol–water partition coefficient (Wildman–Crippen LogP) is 3.15. The Morgan fingerprint density at radius 2 is 1.90 bits per heavy atom. The van der Waals surface area contributed by atoms with Crippen molar-refractivity contribution < 1.29 is 9.53 Å². The number of carbonyl (C=O) groups excluding carboxylic acids is 1. The van der Waals surface area contributed by atoms with E-state index in [1.165, 1.54) is 0 Å². The molecule has 2 aromatic carbocycles. The minimum atomic E-state index is -0.944. The third-order valence-corrected chi connectivity index (χ3v) is 3.50. The average molecular weight is 283 g/mol. The number of aryl methyl sites for hydroxylation is 1. The molecule has 0 saturated heterocycles. The SMILES string of the molecule is COc1cccc(C(=O)C(C)(N)Cc2cccc(C)c2)c1. The summed E-state index contributed by atoms with van der Waals surface area (Å²) in [4.78, 5) is 12.6. The summed E-state index contributed by atoms with van der Waals surface area (Å²) in [7, 11) is 1.58. The van der Waals surface area contributed by atoms with Crippen LogP contribution in [0.2, 0.25) is 0 Å². The van der Waals surface area contributed by atoms with Crippen molar-refractivity contribution in [1.29, 1.82) is 0 Å². The first-order chi connectivity index (χ1) is 9.92. The van der Waals surface area contributed by atoms with Crippen molar-refractivity contribution in [2.75, 3.05) is 7.11 Å². The minimum Gasteiger partial charge on any atom is -0.497 e. The van der Waals surface area contributed by atoms with E-state index in [-0.39, 0.29) is 5.78 Å². The van der Waals surface area contributed by atoms with Crippen molar-refractivity contribution in [2.24, 2.45) is 5.73 Å². The van der Waals surface area contributed by atoms with E-state index in [1.807, 2.05) is 31.2 Å². The third-order valence-electron chi connectivity index (χ3n) is 3.50. The van der Waals surface area contributed by atoms with Crippen molar-refractivity contribution >= 4 is 5.78 Å². The van der Waals surface area contributed by atoms with Gasteiger partial charge in [-0.3, -0.25) is 4.79 Å². The van der Waals surface area contributed by atoms with E-state index in [2.05, 4.69) is 6.07 Å². The summed E-state index contributed by atoms with van der Waals surface area (Å²) >= 11 is 0. The first-order valence-corrected chi connectivity index (χ1v) is 6.96. The fraction of sp³-hybridized carbons (Fsp3) is 0.278. The second-order valence-corrected chi connectivity index (χ2v) is 5.64. The lowest BCUT2D eigenvalue weighted by molar-refractivity contribution is 0.0900. The molecule has 3 heteroatoms. The summed E-state index contributed by atoms with van der Waals surface area (Å²) in [6.07, 6.45) is 0.505. The zero-order valence-corrected chi connectivity index (χ0v) is 12.7. The molecule has 21 heavy (non-hydrogen) atoms. The number of rotatable bonds is 5. The molecule has 1 unspecified atom stereocenters. The Morgan fingerprint density at radius 3 is 2.57 bits per heavy atom. The monoisotopic (exact) mass is 283 g/mol. The second-order valence-electron chi connectivity index (χ2n) is 5.64. The van der Waals surface area contributed by atoms with Crippen molar-refractivity contribution in [2.45, 2.75) is 25.8 Å². The Bertz CT molecular complexity index is 647. The molecule has 0 aliphatic carbocycles. The topological polar surface area (TPSA) is 52.3 Å². The Balaban J connectivity index is 2.23. The van der Waals surface area contributed by atoms with Crippen molar-refractivity contribution in [3.63, 3.8) is 0 Å². The quantitative estimate of drug-likeness (QED) is 0.858. The van der Waals surface area contributed by atoms with Crippen molar-refractivity contribution in [3.8, 4) is 5.75 Å². The summed E-state index contributed by atoms with van der Waals surface area (Å²) < 4.78 is 5.16. The Labute approximate surface area is 125 Å². The van der Waals surface area contributed by atoms with Gasteiger partial charge >= 0.3 is 0 Å². The molecule has 0 aromatic heterocycles. The molecule has 3 nitrogen and oxygen atoms in total. The minimum absolute atomic E-state index is 0.0806. The lowest BCUT2D eigenvalue weighted by atomic mass is 9.86.